The zero-order valence-corrected chi connectivity index (χ0v) is 10.2. The minimum Gasteiger partial charge on any atom is -0.324 e. The molecule has 1 atom stereocenters. The molecular formula is C13H16N4O. The van der Waals surface area contributed by atoms with Crippen LogP contribution in [-0.2, 0) is 11.2 Å². The second-order valence-electron chi connectivity index (χ2n) is 4.30. The lowest BCUT2D eigenvalue weighted by Gasteiger charge is -2.32. The molecule has 1 saturated heterocycles. The Bertz CT molecular complexity index is 440. The van der Waals surface area contributed by atoms with Gasteiger partial charge in [-0.1, -0.05) is 6.07 Å². The van der Waals surface area contributed by atoms with Crippen molar-refractivity contribution in [3.05, 3.63) is 30.1 Å². The average Bonchev–Trinajstić information content (AvgIpc) is 2.45. The number of aryl methyl sites for hydroxylation is 1. The second kappa shape index (κ2) is 6.12. The fourth-order valence-corrected chi connectivity index (χ4v) is 2.06. The van der Waals surface area contributed by atoms with Crippen molar-refractivity contribution < 1.29 is 4.79 Å². The van der Waals surface area contributed by atoms with Crippen LogP contribution in [0.25, 0.3) is 0 Å². The van der Waals surface area contributed by atoms with E-state index < -0.39 is 0 Å². The van der Waals surface area contributed by atoms with Crippen molar-refractivity contribution in [3.63, 3.8) is 0 Å². The number of pyridine rings is 1. The molecule has 1 unspecified atom stereocenters. The molecule has 1 fully saturated rings. The molecule has 1 amide bonds. The fourth-order valence-electron chi connectivity index (χ4n) is 2.06. The lowest BCUT2D eigenvalue weighted by molar-refractivity contribution is -0.133. The quantitative estimate of drug-likeness (QED) is 0.832. The van der Waals surface area contributed by atoms with Gasteiger partial charge in [0.15, 0.2) is 0 Å². The van der Waals surface area contributed by atoms with Gasteiger partial charge in [-0.3, -0.25) is 9.78 Å². The van der Waals surface area contributed by atoms with E-state index in [4.69, 9.17) is 5.26 Å². The van der Waals surface area contributed by atoms with Crippen LogP contribution in [0.3, 0.4) is 0 Å². The second-order valence-corrected chi connectivity index (χ2v) is 4.30. The Morgan fingerprint density at radius 3 is 3.28 bits per heavy atom. The number of nitrogens with one attached hydrogen (secondary N) is 1. The van der Waals surface area contributed by atoms with Crippen molar-refractivity contribution in [2.24, 2.45) is 0 Å². The first kappa shape index (κ1) is 12.5. The third-order valence-electron chi connectivity index (χ3n) is 3.06. The maximum absolute atomic E-state index is 12.1. The predicted molar refractivity (Wildman–Crippen MR) is 66.5 cm³/mol. The number of hydrogen-bond acceptors (Lipinski definition) is 4. The SMILES string of the molecule is N#CC1CNCCN1C(=O)CCc1cccnc1. The number of amides is 1. The van der Waals surface area contributed by atoms with Crippen LogP contribution in [-0.4, -0.2) is 41.5 Å². The van der Waals surface area contributed by atoms with Crippen LogP contribution in [0.1, 0.15) is 12.0 Å². The minimum atomic E-state index is -0.333. The molecule has 1 N–H and O–H groups in total. The van der Waals surface area contributed by atoms with Gasteiger partial charge in [-0.2, -0.15) is 5.26 Å². The maximum atomic E-state index is 12.1. The Kier molecular flexibility index (Phi) is 4.26. The molecule has 2 rings (SSSR count). The molecular weight excluding hydrogens is 228 g/mol. The first-order valence-electron chi connectivity index (χ1n) is 6.10. The third-order valence-corrected chi connectivity index (χ3v) is 3.06. The molecule has 0 saturated carbocycles. The molecule has 0 bridgehead atoms. The van der Waals surface area contributed by atoms with Gasteiger partial charge in [0.2, 0.25) is 5.91 Å². The Balaban J connectivity index is 1.89. The number of hydrogen-bond donors (Lipinski definition) is 1. The largest absolute Gasteiger partial charge is 0.324 e. The number of nitriles is 1. The number of aromatic nitrogens is 1. The number of rotatable bonds is 3. The van der Waals surface area contributed by atoms with Gasteiger partial charge < -0.3 is 10.2 Å². The topological polar surface area (TPSA) is 69.0 Å². The summed E-state index contributed by atoms with van der Waals surface area (Å²) in [4.78, 5) is 17.8. The summed E-state index contributed by atoms with van der Waals surface area (Å²) < 4.78 is 0. The van der Waals surface area contributed by atoms with E-state index in [0.29, 0.717) is 25.9 Å². The Labute approximate surface area is 106 Å². The van der Waals surface area contributed by atoms with Gasteiger partial charge >= 0.3 is 0 Å². The summed E-state index contributed by atoms with van der Waals surface area (Å²) in [6.45, 7) is 1.94. The minimum absolute atomic E-state index is 0.0481. The highest BCUT2D eigenvalue weighted by molar-refractivity contribution is 5.77. The van der Waals surface area contributed by atoms with Crippen LogP contribution in [0, 0.1) is 11.3 Å². The maximum Gasteiger partial charge on any atom is 0.224 e. The highest BCUT2D eigenvalue weighted by atomic mass is 16.2. The van der Waals surface area contributed by atoms with E-state index in [9.17, 15) is 4.79 Å². The number of carbonyl (C=O) groups is 1. The molecule has 5 heteroatoms. The van der Waals surface area contributed by atoms with E-state index in [1.54, 1.807) is 17.3 Å². The summed E-state index contributed by atoms with van der Waals surface area (Å²) in [6.07, 6.45) is 4.60. The van der Waals surface area contributed by atoms with E-state index in [1.807, 2.05) is 12.1 Å². The number of carbonyl (C=O) groups excluding carboxylic acids is 1. The third kappa shape index (κ3) is 3.05. The van der Waals surface area contributed by atoms with Crippen molar-refractivity contribution in [2.75, 3.05) is 19.6 Å². The monoisotopic (exact) mass is 244 g/mol. The summed E-state index contributed by atoms with van der Waals surface area (Å²) in [5, 5.41) is 12.1. The van der Waals surface area contributed by atoms with Gasteiger partial charge in [0, 0.05) is 38.4 Å². The molecule has 0 aliphatic carbocycles. The smallest absolute Gasteiger partial charge is 0.224 e. The molecule has 2 heterocycles. The Morgan fingerprint density at radius 2 is 2.56 bits per heavy atom. The fraction of sp³-hybridized carbons (Fsp3) is 0.462. The van der Waals surface area contributed by atoms with E-state index in [2.05, 4.69) is 16.4 Å². The molecule has 1 aromatic rings. The number of piperazine rings is 1. The number of nitrogens with zero attached hydrogens (tertiary/aromatic N) is 3. The van der Waals surface area contributed by atoms with Gasteiger partial charge in [-0.15, -0.1) is 0 Å². The van der Waals surface area contributed by atoms with Crippen LogP contribution in [0.5, 0.6) is 0 Å². The van der Waals surface area contributed by atoms with E-state index >= 15 is 0 Å². The van der Waals surface area contributed by atoms with Crippen LogP contribution >= 0.6 is 0 Å². The van der Waals surface area contributed by atoms with Gasteiger partial charge in [0.05, 0.1) is 6.07 Å². The van der Waals surface area contributed by atoms with Crippen molar-refractivity contribution in [2.45, 2.75) is 18.9 Å². The van der Waals surface area contributed by atoms with Gasteiger partial charge in [0.25, 0.3) is 0 Å². The highest BCUT2D eigenvalue weighted by Gasteiger charge is 2.25. The first-order chi connectivity index (χ1) is 8.81. The molecule has 1 aliphatic heterocycles. The normalized spacial score (nSPS) is 19.3. The van der Waals surface area contributed by atoms with Crippen LogP contribution in [0.2, 0.25) is 0 Å². The molecule has 1 aliphatic rings. The lowest BCUT2D eigenvalue weighted by atomic mass is 10.1. The molecule has 0 aromatic carbocycles. The predicted octanol–water partition coefficient (Wildman–Crippen LogP) is 0.338. The van der Waals surface area contributed by atoms with Crippen LogP contribution < -0.4 is 5.32 Å². The Morgan fingerprint density at radius 1 is 1.67 bits per heavy atom. The zero-order chi connectivity index (χ0) is 12.8. The first-order valence-corrected chi connectivity index (χ1v) is 6.10. The van der Waals surface area contributed by atoms with Gasteiger partial charge in [-0.25, -0.2) is 0 Å². The Hall–Kier alpha value is -1.93. The van der Waals surface area contributed by atoms with Crippen molar-refractivity contribution in [1.29, 1.82) is 5.26 Å². The molecule has 0 radical (unpaired) electrons. The van der Waals surface area contributed by atoms with E-state index in [-0.39, 0.29) is 11.9 Å². The zero-order valence-electron chi connectivity index (χ0n) is 10.2. The van der Waals surface area contributed by atoms with E-state index in [0.717, 1.165) is 12.1 Å². The molecule has 94 valence electrons. The standard InChI is InChI=1S/C13H16N4O/c14-8-12-10-16-6-7-17(12)13(18)4-3-11-2-1-5-15-9-11/h1-2,5,9,12,16H,3-4,6-7,10H2. The summed E-state index contributed by atoms with van der Waals surface area (Å²) in [5.74, 6) is 0.0481. The van der Waals surface area contributed by atoms with Crippen LogP contribution in [0.15, 0.2) is 24.5 Å². The molecule has 18 heavy (non-hydrogen) atoms. The molecule has 5 nitrogen and oxygen atoms in total. The summed E-state index contributed by atoms with van der Waals surface area (Å²) >= 11 is 0. The van der Waals surface area contributed by atoms with Crippen molar-refractivity contribution >= 4 is 5.91 Å². The van der Waals surface area contributed by atoms with Crippen LogP contribution in [0.4, 0.5) is 0 Å². The van der Waals surface area contributed by atoms with Crippen molar-refractivity contribution in [1.82, 2.24) is 15.2 Å². The highest BCUT2D eigenvalue weighted by Crippen LogP contribution is 2.08. The molecule has 1 aromatic heterocycles. The van der Waals surface area contributed by atoms with Crippen molar-refractivity contribution in [3.8, 4) is 6.07 Å². The summed E-state index contributed by atoms with van der Waals surface area (Å²) in [6, 6.07) is 5.65. The van der Waals surface area contributed by atoms with Gasteiger partial charge in [-0.05, 0) is 18.1 Å². The summed E-state index contributed by atoms with van der Waals surface area (Å²) in [7, 11) is 0. The molecule has 0 spiro atoms. The average molecular weight is 244 g/mol. The lowest BCUT2D eigenvalue weighted by Crippen LogP contribution is -2.53. The van der Waals surface area contributed by atoms with Gasteiger partial charge in [0.1, 0.15) is 6.04 Å². The summed E-state index contributed by atoms with van der Waals surface area (Å²) in [5.41, 5.74) is 1.05. The van der Waals surface area contributed by atoms with E-state index in [1.165, 1.54) is 0 Å².